The van der Waals surface area contributed by atoms with Crippen molar-refractivity contribution in [2.45, 2.75) is 37.6 Å². The highest BCUT2D eigenvalue weighted by Crippen LogP contribution is 2.51. The summed E-state index contributed by atoms with van der Waals surface area (Å²) in [5, 5.41) is 0. The average Bonchev–Trinajstić information content (AvgIpc) is 3.04. The molecule has 0 spiro atoms. The summed E-state index contributed by atoms with van der Waals surface area (Å²) >= 11 is 0. The largest absolute Gasteiger partial charge is 0.496 e. The molecule has 1 aromatic carbocycles. The van der Waals surface area contributed by atoms with Crippen LogP contribution in [0.4, 0.5) is 5.69 Å². The van der Waals surface area contributed by atoms with Crippen molar-refractivity contribution in [3.63, 3.8) is 0 Å². The molecule has 0 amide bonds. The third kappa shape index (κ3) is 2.35. The minimum atomic E-state index is -0.482. The number of isocyanates is 1. The van der Waals surface area contributed by atoms with Crippen LogP contribution in [0.5, 0.6) is 11.5 Å². The lowest BCUT2D eigenvalue weighted by atomic mass is 9.72. The summed E-state index contributed by atoms with van der Waals surface area (Å²) in [6.07, 6.45) is 6.90. The highest BCUT2D eigenvalue weighted by Gasteiger charge is 2.42. The lowest BCUT2D eigenvalue weighted by molar-refractivity contribution is 0.245. The molecule has 1 heterocycles. The first kappa shape index (κ1) is 14.9. The second-order valence-electron chi connectivity index (χ2n) is 6.01. The van der Waals surface area contributed by atoms with E-state index in [2.05, 4.69) is 9.89 Å². The predicted molar refractivity (Wildman–Crippen MR) is 84.6 cm³/mol. The van der Waals surface area contributed by atoms with E-state index in [4.69, 9.17) is 9.47 Å². The Morgan fingerprint density at radius 2 is 1.77 bits per heavy atom. The van der Waals surface area contributed by atoms with Crippen molar-refractivity contribution in [3.05, 3.63) is 17.7 Å². The second-order valence-corrected chi connectivity index (χ2v) is 6.01. The fourth-order valence-electron chi connectivity index (χ4n) is 3.49. The Balaban J connectivity index is 2.09. The highest BCUT2D eigenvalue weighted by atomic mass is 16.5. The molecule has 118 valence electrons. The number of rotatable bonds is 5. The van der Waals surface area contributed by atoms with Gasteiger partial charge in [-0.05, 0) is 38.2 Å². The molecule has 0 radical (unpaired) electrons. The number of hydrogen-bond donors (Lipinski definition) is 0. The van der Waals surface area contributed by atoms with Gasteiger partial charge >= 0.3 is 0 Å². The van der Waals surface area contributed by atoms with E-state index in [0.717, 1.165) is 55.1 Å². The van der Waals surface area contributed by atoms with Crippen LogP contribution in [0.3, 0.4) is 0 Å². The molecule has 1 aliphatic carbocycles. The van der Waals surface area contributed by atoms with Crippen LogP contribution in [0.2, 0.25) is 0 Å². The van der Waals surface area contributed by atoms with E-state index >= 15 is 0 Å². The number of methoxy groups -OCH3 is 2. The van der Waals surface area contributed by atoms with Crippen molar-refractivity contribution in [3.8, 4) is 11.5 Å². The lowest BCUT2D eigenvalue weighted by Crippen LogP contribution is -2.32. The number of nitrogens with zero attached hydrogens (tertiary/aromatic N) is 2. The highest BCUT2D eigenvalue weighted by molar-refractivity contribution is 5.66. The molecule has 5 nitrogen and oxygen atoms in total. The molecular formula is C17H22N2O3. The summed E-state index contributed by atoms with van der Waals surface area (Å²) in [7, 11) is 3.34. The zero-order valence-electron chi connectivity index (χ0n) is 13.2. The van der Waals surface area contributed by atoms with Crippen LogP contribution in [-0.2, 0) is 10.3 Å². The lowest BCUT2D eigenvalue weighted by Gasteiger charge is -2.38. The first-order valence-electron chi connectivity index (χ1n) is 7.84. The molecule has 1 saturated carbocycles. The van der Waals surface area contributed by atoms with E-state index in [0.29, 0.717) is 0 Å². The SMILES string of the molecule is COc1cc(C2(N=C=O)CCC2)c(OC)cc1N1CCCC1. The van der Waals surface area contributed by atoms with Crippen molar-refractivity contribution < 1.29 is 14.3 Å². The molecular weight excluding hydrogens is 280 g/mol. The zero-order valence-corrected chi connectivity index (χ0v) is 13.2. The molecule has 1 aliphatic heterocycles. The van der Waals surface area contributed by atoms with Gasteiger partial charge in [-0.15, -0.1) is 0 Å². The van der Waals surface area contributed by atoms with Gasteiger partial charge in [0, 0.05) is 24.7 Å². The van der Waals surface area contributed by atoms with Crippen LogP contribution in [-0.4, -0.2) is 33.4 Å². The van der Waals surface area contributed by atoms with E-state index in [1.165, 1.54) is 12.8 Å². The standard InChI is InChI=1S/C17H22N2O3/c1-21-15-11-14(19-8-3-4-9-19)16(22-2)10-13(15)17(18-12-20)6-5-7-17/h10-11H,3-9H2,1-2H3. The molecule has 0 atom stereocenters. The molecule has 2 fully saturated rings. The van der Waals surface area contributed by atoms with E-state index in [1.807, 2.05) is 12.1 Å². The normalized spacial score (nSPS) is 19.3. The van der Waals surface area contributed by atoms with Crippen molar-refractivity contribution in [2.24, 2.45) is 4.99 Å². The zero-order chi connectivity index (χ0) is 15.6. The van der Waals surface area contributed by atoms with Crippen LogP contribution in [0.25, 0.3) is 0 Å². The molecule has 0 aromatic heterocycles. The van der Waals surface area contributed by atoms with E-state index < -0.39 is 5.54 Å². The van der Waals surface area contributed by atoms with Crippen LogP contribution in [0, 0.1) is 0 Å². The van der Waals surface area contributed by atoms with Gasteiger partial charge in [0.05, 0.1) is 19.9 Å². The number of benzene rings is 1. The number of aliphatic imine (C=N–C) groups is 1. The van der Waals surface area contributed by atoms with Crippen molar-refractivity contribution in [2.75, 3.05) is 32.2 Å². The Kier molecular flexibility index (Phi) is 4.08. The third-order valence-corrected chi connectivity index (χ3v) is 4.89. The van der Waals surface area contributed by atoms with Gasteiger partial charge in [0.1, 0.15) is 17.0 Å². The van der Waals surface area contributed by atoms with Crippen LogP contribution in [0.15, 0.2) is 17.1 Å². The molecule has 5 heteroatoms. The van der Waals surface area contributed by atoms with E-state index in [1.54, 1.807) is 20.3 Å². The minimum absolute atomic E-state index is 0.482. The summed E-state index contributed by atoms with van der Waals surface area (Å²) in [5.74, 6) is 1.60. The number of ether oxygens (including phenoxy) is 2. The fraction of sp³-hybridized carbons (Fsp3) is 0.588. The summed E-state index contributed by atoms with van der Waals surface area (Å²) < 4.78 is 11.2. The maximum absolute atomic E-state index is 10.8. The number of anilines is 1. The summed E-state index contributed by atoms with van der Waals surface area (Å²) in [4.78, 5) is 17.3. The summed E-state index contributed by atoms with van der Waals surface area (Å²) in [6.45, 7) is 2.08. The van der Waals surface area contributed by atoms with Crippen LogP contribution in [0.1, 0.15) is 37.7 Å². The van der Waals surface area contributed by atoms with Crippen LogP contribution < -0.4 is 14.4 Å². The fourth-order valence-corrected chi connectivity index (χ4v) is 3.49. The molecule has 22 heavy (non-hydrogen) atoms. The molecule has 3 rings (SSSR count). The Morgan fingerprint density at radius 1 is 1.09 bits per heavy atom. The average molecular weight is 302 g/mol. The smallest absolute Gasteiger partial charge is 0.235 e. The van der Waals surface area contributed by atoms with Gasteiger partial charge < -0.3 is 14.4 Å². The Bertz CT molecular complexity index is 598. The predicted octanol–water partition coefficient (Wildman–Crippen LogP) is 3.02. The van der Waals surface area contributed by atoms with E-state index in [9.17, 15) is 4.79 Å². The monoisotopic (exact) mass is 302 g/mol. The van der Waals surface area contributed by atoms with Crippen LogP contribution >= 0.6 is 0 Å². The van der Waals surface area contributed by atoms with E-state index in [-0.39, 0.29) is 0 Å². The molecule has 2 aliphatic rings. The van der Waals surface area contributed by atoms with Gasteiger partial charge in [-0.25, -0.2) is 4.79 Å². The van der Waals surface area contributed by atoms with Crippen molar-refractivity contribution in [1.82, 2.24) is 0 Å². The maximum Gasteiger partial charge on any atom is 0.235 e. The molecule has 0 N–H and O–H groups in total. The number of hydrogen-bond acceptors (Lipinski definition) is 5. The molecule has 0 unspecified atom stereocenters. The summed E-state index contributed by atoms with van der Waals surface area (Å²) in [5.41, 5.74) is 1.51. The Labute approximate surface area is 130 Å². The number of carbonyl (C=O) groups excluding carboxylic acids is 1. The molecule has 0 bridgehead atoms. The Morgan fingerprint density at radius 3 is 2.27 bits per heavy atom. The second kappa shape index (κ2) is 6.01. The van der Waals surface area contributed by atoms with Gasteiger partial charge in [0.15, 0.2) is 0 Å². The third-order valence-electron chi connectivity index (χ3n) is 4.89. The van der Waals surface area contributed by atoms with Gasteiger partial charge in [-0.1, -0.05) is 0 Å². The first-order valence-corrected chi connectivity index (χ1v) is 7.84. The van der Waals surface area contributed by atoms with Gasteiger partial charge in [-0.2, -0.15) is 4.99 Å². The van der Waals surface area contributed by atoms with Gasteiger partial charge in [0.25, 0.3) is 0 Å². The quantitative estimate of drug-likeness (QED) is 0.620. The molecule has 1 aromatic rings. The van der Waals surface area contributed by atoms with Gasteiger partial charge in [0.2, 0.25) is 6.08 Å². The summed E-state index contributed by atoms with van der Waals surface area (Å²) in [6, 6.07) is 4.02. The molecule has 1 saturated heterocycles. The maximum atomic E-state index is 10.8. The Hall–Kier alpha value is -2.00. The minimum Gasteiger partial charge on any atom is -0.496 e. The van der Waals surface area contributed by atoms with Gasteiger partial charge in [-0.3, -0.25) is 0 Å². The first-order chi connectivity index (χ1) is 10.7. The van der Waals surface area contributed by atoms with Crippen molar-refractivity contribution in [1.29, 1.82) is 0 Å². The van der Waals surface area contributed by atoms with Crippen molar-refractivity contribution >= 4 is 11.8 Å². The topological polar surface area (TPSA) is 51.1 Å².